The highest BCUT2D eigenvalue weighted by atomic mass is 32.1. The fourth-order valence-electron chi connectivity index (χ4n) is 4.85. The molecule has 0 spiro atoms. The first-order chi connectivity index (χ1) is 16.6. The standard InChI is InChI=1S/C27H28N6S/c1-19-4-5-20(2)32(19)25-11-17-34-27(25)23-18-26-28-12-10-24(33(26)29-23)21-6-8-22(9-7-21)31-15-13-30(3)14-16-31/h4-12,17-18H,13-16H2,1-3H3. The monoisotopic (exact) mass is 468 g/mol. The van der Waals surface area contributed by atoms with Crippen molar-refractivity contribution in [3.63, 3.8) is 0 Å². The number of piperazine rings is 1. The largest absolute Gasteiger partial charge is 0.369 e. The molecule has 1 aliphatic rings. The van der Waals surface area contributed by atoms with Crippen LogP contribution in [0.4, 0.5) is 5.69 Å². The highest BCUT2D eigenvalue weighted by Crippen LogP contribution is 2.34. The second-order valence-corrected chi connectivity index (χ2v) is 9.97. The minimum absolute atomic E-state index is 0.857. The molecule has 1 saturated heterocycles. The Kier molecular flexibility index (Phi) is 5.23. The molecule has 0 amide bonds. The van der Waals surface area contributed by atoms with Crippen LogP contribution >= 0.6 is 11.3 Å². The summed E-state index contributed by atoms with van der Waals surface area (Å²) >= 11 is 1.72. The van der Waals surface area contributed by atoms with Crippen LogP contribution in [0.3, 0.4) is 0 Å². The lowest BCUT2D eigenvalue weighted by Gasteiger charge is -2.34. The summed E-state index contributed by atoms with van der Waals surface area (Å²) in [6.07, 6.45) is 1.88. The van der Waals surface area contributed by atoms with Crippen LogP contribution in [0.25, 0.3) is 33.2 Å². The molecule has 0 saturated carbocycles. The van der Waals surface area contributed by atoms with E-state index < -0.39 is 0 Å². The first-order valence-electron chi connectivity index (χ1n) is 11.7. The molecule has 0 N–H and O–H groups in total. The average Bonchev–Trinajstić information content (AvgIpc) is 3.57. The molecule has 4 aromatic heterocycles. The maximum absolute atomic E-state index is 5.02. The molecular weight excluding hydrogens is 440 g/mol. The van der Waals surface area contributed by atoms with Crippen molar-refractivity contribution < 1.29 is 0 Å². The van der Waals surface area contributed by atoms with E-state index in [9.17, 15) is 0 Å². The Morgan fingerprint density at radius 3 is 2.32 bits per heavy atom. The molecule has 6 rings (SSSR count). The van der Waals surface area contributed by atoms with Gasteiger partial charge in [0.25, 0.3) is 0 Å². The van der Waals surface area contributed by atoms with Gasteiger partial charge >= 0.3 is 0 Å². The normalized spacial score (nSPS) is 14.9. The Hall–Kier alpha value is -3.42. The van der Waals surface area contributed by atoms with E-state index in [0.717, 1.165) is 53.7 Å². The lowest BCUT2D eigenvalue weighted by Crippen LogP contribution is -2.44. The topological polar surface area (TPSA) is 41.6 Å². The number of hydrogen-bond donors (Lipinski definition) is 0. The summed E-state index contributed by atoms with van der Waals surface area (Å²) < 4.78 is 4.26. The van der Waals surface area contributed by atoms with E-state index in [-0.39, 0.29) is 0 Å². The summed E-state index contributed by atoms with van der Waals surface area (Å²) in [7, 11) is 2.19. The number of benzene rings is 1. The Balaban J connectivity index is 1.36. The van der Waals surface area contributed by atoms with Crippen LogP contribution in [0.5, 0.6) is 0 Å². The van der Waals surface area contributed by atoms with Gasteiger partial charge in [-0.3, -0.25) is 0 Å². The number of rotatable bonds is 4. The Morgan fingerprint density at radius 1 is 0.853 bits per heavy atom. The summed E-state index contributed by atoms with van der Waals surface area (Å²) in [6, 6.07) is 19.5. The van der Waals surface area contributed by atoms with Gasteiger partial charge in [-0.1, -0.05) is 12.1 Å². The molecule has 0 unspecified atom stereocenters. The quantitative estimate of drug-likeness (QED) is 0.360. The number of thiophene rings is 1. The highest BCUT2D eigenvalue weighted by molar-refractivity contribution is 7.14. The summed E-state index contributed by atoms with van der Waals surface area (Å²) in [5, 5.41) is 7.16. The van der Waals surface area contributed by atoms with Gasteiger partial charge in [0.15, 0.2) is 5.65 Å². The van der Waals surface area contributed by atoms with Crippen LogP contribution in [-0.4, -0.2) is 57.3 Å². The fraction of sp³-hybridized carbons (Fsp3) is 0.259. The van der Waals surface area contributed by atoms with Gasteiger partial charge in [0, 0.05) is 61.1 Å². The van der Waals surface area contributed by atoms with Gasteiger partial charge in [0.1, 0.15) is 5.69 Å². The Bertz CT molecular complexity index is 1430. The van der Waals surface area contributed by atoms with Crippen molar-refractivity contribution in [2.45, 2.75) is 13.8 Å². The lowest BCUT2D eigenvalue weighted by atomic mass is 10.1. The molecule has 0 atom stereocenters. The highest BCUT2D eigenvalue weighted by Gasteiger charge is 2.18. The van der Waals surface area contributed by atoms with E-state index in [1.54, 1.807) is 11.3 Å². The van der Waals surface area contributed by atoms with Crippen LogP contribution < -0.4 is 4.90 Å². The first-order valence-corrected chi connectivity index (χ1v) is 12.6. The third kappa shape index (κ3) is 3.61. The molecule has 0 bridgehead atoms. The number of likely N-dealkylation sites (N-methyl/N-ethyl adjacent to an activating group) is 1. The van der Waals surface area contributed by atoms with Gasteiger partial charge in [-0.2, -0.15) is 5.10 Å². The maximum atomic E-state index is 5.02. The summed E-state index contributed by atoms with van der Waals surface area (Å²) in [6.45, 7) is 8.64. The van der Waals surface area contributed by atoms with Gasteiger partial charge in [-0.25, -0.2) is 9.50 Å². The molecule has 5 heterocycles. The fourth-order valence-corrected chi connectivity index (χ4v) is 5.68. The Labute approximate surface area is 203 Å². The molecule has 7 heteroatoms. The average molecular weight is 469 g/mol. The van der Waals surface area contributed by atoms with Crippen molar-refractivity contribution in [2.75, 3.05) is 38.1 Å². The summed E-state index contributed by atoms with van der Waals surface area (Å²) in [4.78, 5) is 10.6. The van der Waals surface area contributed by atoms with Crippen molar-refractivity contribution in [2.24, 2.45) is 0 Å². The van der Waals surface area contributed by atoms with Crippen molar-refractivity contribution >= 4 is 22.7 Å². The van der Waals surface area contributed by atoms with Crippen molar-refractivity contribution in [3.05, 3.63) is 77.6 Å². The Morgan fingerprint density at radius 2 is 1.59 bits per heavy atom. The van der Waals surface area contributed by atoms with Crippen LogP contribution in [-0.2, 0) is 0 Å². The molecular formula is C27H28N6S. The minimum atomic E-state index is 0.857. The smallest absolute Gasteiger partial charge is 0.156 e. The number of aromatic nitrogens is 4. The SMILES string of the molecule is Cc1ccc(C)n1-c1ccsc1-c1cc2nccc(-c3ccc(N4CCN(C)CC4)cc3)n2n1. The summed E-state index contributed by atoms with van der Waals surface area (Å²) in [5.74, 6) is 0. The molecule has 6 nitrogen and oxygen atoms in total. The third-order valence-electron chi connectivity index (χ3n) is 6.78. The van der Waals surface area contributed by atoms with E-state index in [1.807, 2.05) is 16.8 Å². The van der Waals surface area contributed by atoms with Gasteiger partial charge in [-0.15, -0.1) is 11.3 Å². The third-order valence-corrected chi connectivity index (χ3v) is 7.70. The predicted molar refractivity (Wildman–Crippen MR) is 140 cm³/mol. The van der Waals surface area contributed by atoms with E-state index in [1.165, 1.54) is 22.8 Å². The number of fused-ring (bicyclic) bond motifs is 1. The molecule has 34 heavy (non-hydrogen) atoms. The molecule has 5 aromatic rings. The van der Waals surface area contributed by atoms with Crippen LogP contribution in [0, 0.1) is 13.8 Å². The molecule has 172 valence electrons. The number of aryl methyl sites for hydroxylation is 2. The van der Waals surface area contributed by atoms with Gasteiger partial charge < -0.3 is 14.4 Å². The zero-order chi connectivity index (χ0) is 23.2. The second kappa shape index (κ2) is 8.42. The second-order valence-electron chi connectivity index (χ2n) is 9.05. The van der Waals surface area contributed by atoms with Gasteiger partial charge in [0.05, 0.1) is 16.3 Å². The van der Waals surface area contributed by atoms with Crippen LogP contribution in [0.1, 0.15) is 11.4 Å². The predicted octanol–water partition coefficient (Wildman–Crippen LogP) is 5.28. The summed E-state index contributed by atoms with van der Waals surface area (Å²) in [5.41, 5.74) is 8.90. The maximum Gasteiger partial charge on any atom is 0.156 e. The van der Waals surface area contributed by atoms with Crippen molar-refractivity contribution in [1.29, 1.82) is 0 Å². The zero-order valence-corrected chi connectivity index (χ0v) is 20.6. The van der Waals surface area contributed by atoms with Crippen molar-refractivity contribution in [1.82, 2.24) is 24.1 Å². The molecule has 1 fully saturated rings. The van der Waals surface area contributed by atoms with Gasteiger partial charge in [0.2, 0.25) is 0 Å². The zero-order valence-electron chi connectivity index (χ0n) is 19.8. The molecule has 1 aromatic carbocycles. The lowest BCUT2D eigenvalue weighted by molar-refractivity contribution is 0.313. The first kappa shape index (κ1) is 21.1. The van der Waals surface area contributed by atoms with E-state index in [2.05, 4.69) is 94.2 Å². The number of nitrogens with zero attached hydrogens (tertiary/aromatic N) is 6. The van der Waals surface area contributed by atoms with E-state index in [0.29, 0.717) is 0 Å². The molecule has 0 aliphatic carbocycles. The van der Waals surface area contributed by atoms with Crippen molar-refractivity contribution in [3.8, 4) is 27.5 Å². The number of anilines is 1. The minimum Gasteiger partial charge on any atom is -0.369 e. The van der Waals surface area contributed by atoms with Gasteiger partial charge in [-0.05, 0) is 62.7 Å². The van der Waals surface area contributed by atoms with E-state index >= 15 is 0 Å². The van der Waals surface area contributed by atoms with Crippen LogP contribution in [0.2, 0.25) is 0 Å². The number of hydrogen-bond acceptors (Lipinski definition) is 5. The molecule has 0 radical (unpaired) electrons. The molecule has 1 aliphatic heterocycles. The van der Waals surface area contributed by atoms with E-state index in [4.69, 9.17) is 5.10 Å². The van der Waals surface area contributed by atoms with Crippen LogP contribution in [0.15, 0.2) is 66.2 Å².